The summed E-state index contributed by atoms with van der Waals surface area (Å²) < 4.78 is 53.3. The van der Waals surface area contributed by atoms with Gasteiger partial charge in [0.25, 0.3) is 10.0 Å². The van der Waals surface area contributed by atoms with E-state index < -0.39 is 25.3 Å². The molecule has 3 N–H and O–H groups in total. The zero-order chi connectivity index (χ0) is 29.5. The Bertz CT molecular complexity index is 2110. The summed E-state index contributed by atoms with van der Waals surface area (Å²) in [5.41, 5.74) is 3.84. The molecule has 0 unspecified atom stereocenters. The summed E-state index contributed by atoms with van der Waals surface area (Å²) in [6, 6.07) is 14.2. The molecule has 0 radical (unpaired) electrons. The molecule has 212 valence electrons. The van der Waals surface area contributed by atoms with E-state index in [1.807, 2.05) is 39.8 Å². The number of nitrogens with zero attached hydrogens (tertiary/aromatic N) is 3. The number of fused-ring (bicyclic) bond motifs is 3. The van der Waals surface area contributed by atoms with Crippen LogP contribution in [-0.2, 0) is 30.1 Å². The van der Waals surface area contributed by atoms with Crippen LogP contribution >= 0.6 is 0 Å². The van der Waals surface area contributed by atoms with Crippen molar-refractivity contribution < 1.29 is 21.6 Å². The summed E-state index contributed by atoms with van der Waals surface area (Å²) in [7, 11) is -8.01. The summed E-state index contributed by atoms with van der Waals surface area (Å²) in [6.07, 6.45) is 0.965. The lowest BCUT2D eigenvalue weighted by Gasteiger charge is -2.24. The molecule has 1 aliphatic heterocycles. The van der Waals surface area contributed by atoms with Crippen LogP contribution in [0, 0.1) is 0 Å². The van der Waals surface area contributed by atoms with Crippen LogP contribution in [0.25, 0.3) is 33.5 Å². The zero-order valence-electron chi connectivity index (χ0n) is 23.0. The highest BCUT2D eigenvalue weighted by Crippen LogP contribution is 2.44. The van der Waals surface area contributed by atoms with Gasteiger partial charge in [-0.25, -0.2) is 21.8 Å². The lowest BCUT2D eigenvalue weighted by molar-refractivity contribution is -0.122. The van der Waals surface area contributed by atoms with Crippen molar-refractivity contribution in [1.29, 1.82) is 0 Å². The second-order valence-corrected chi connectivity index (χ2v) is 14.7. The molecule has 0 bridgehead atoms. The van der Waals surface area contributed by atoms with Gasteiger partial charge in [-0.2, -0.15) is 5.10 Å². The number of sulfone groups is 1. The second-order valence-electron chi connectivity index (χ2n) is 11.0. The monoisotopic (exact) mass is 592 g/mol. The molecule has 1 aliphatic rings. The maximum atomic E-state index is 13.2. The van der Waals surface area contributed by atoms with E-state index in [1.54, 1.807) is 23.1 Å². The topological polar surface area (TPSA) is 158 Å². The van der Waals surface area contributed by atoms with Gasteiger partial charge in [0.15, 0.2) is 15.7 Å². The Labute approximate surface area is 237 Å². The molecular weight excluding hydrogens is 564 g/mol. The minimum absolute atomic E-state index is 0.0132. The van der Waals surface area contributed by atoms with Gasteiger partial charge in [-0.05, 0) is 75.7 Å². The normalized spacial score (nSPS) is 15.3. The molecule has 0 aliphatic carbocycles. The zero-order valence-corrected chi connectivity index (χ0v) is 24.6. The Morgan fingerprint density at radius 3 is 2.34 bits per heavy atom. The van der Waals surface area contributed by atoms with Crippen molar-refractivity contribution in [2.45, 2.75) is 48.9 Å². The van der Waals surface area contributed by atoms with E-state index in [0.29, 0.717) is 27.9 Å². The van der Waals surface area contributed by atoms with Gasteiger partial charge in [-0.1, -0.05) is 12.1 Å². The molecule has 0 spiro atoms. The molecule has 5 aromatic rings. The average molecular weight is 593 g/mol. The van der Waals surface area contributed by atoms with E-state index in [9.17, 15) is 21.6 Å². The van der Waals surface area contributed by atoms with Crippen LogP contribution in [0.2, 0.25) is 0 Å². The van der Waals surface area contributed by atoms with Crippen molar-refractivity contribution in [1.82, 2.24) is 20.2 Å². The predicted octanol–water partition coefficient (Wildman–Crippen LogP) is 4.34. The molecule has 0 saturated carbocycles. The van der Waals surface area contributed by atoms with Crippen LogP contribution in [0.5, 0.6) is 0 Å². The lowest BCUT2D eigenvalue weighted by Crippen LogP contribution is -2.40. The molecule has 3 heterocycles. The molecule has 11 nitrogen and oxygen atoms in total. The van der Waals surface area contributed by atoms with Crippen LogP contribution in [0.3, 0.4) is 0 Å². The first-order valence-corrected chi connectivity index (χ1v) is 16.2. The SMILES string of the molecule is CC(C)N1C(=O)C(C)(C)c2cc3[nH]c(-c4n[nH]c5ccc(NS(=O)(=O)c6ccccc6S(C)(=O)=O)cc45)nc3cc21. The molecule has 41 heavy (non-hydrogen) atoms. The van der Waals surface area contributed by atoms with Crippen LogP contribution in [0.4, 0.5) is 11.4 Å². The molecule has 13 heteroatoms. The van der Waals surface area contributed by atoms with E-state index >= 15 is 0 Å². The Kier molecular flexibility index (Phi) is 5.84. The smallest absolute Gasteiger partial charge is 0.263 e. The van der Waals surface area contributed by atoms with Crippen LogP contribution in [-0.4, -0.2) is 55.2 Å². The average Bonchev–Trinajstić information content (AvgIpc) is 3.55. The molecule has 0 atom stereocenters. The fraction of sp³-hybridized carbons (Fsp3) is 0.250. The first-order valence-electron chi connectivity index (χ1n) is 12.9. The number of carbonyl (C=O) groups excluding carboxylic acids is 1. The number of nitrogens with one attached hydrogen (secondary N) is 3. The van der Waals surface area contributed by atoms with E-state index in [1.165, 1.54) is 24.3 Å². The van der Waals surface area contributed by atoms with Crippen molar-refractivity contribution in [2.75, 3.05) is 15.9 Å². The summed E-state index contributed by atoms with van der Waals surface area (Å²) in [4.78, 5) is 22.4. The van der Waals surface area contributed by atoms with Gasteiger partial charge in [-0.15, -0.1) is 0 Å². The van der Waals surface area contributed by atoms with Crippen molar-refractivity contribution >= 4 is 59.1 Å². The summed E-state index contributed by atoms with van der Waals surface area (Å²) in [5, 5.41) is 7.98. The van der Waals surface area contributed by atoms with Gasteiger partial charge in [0.05, 0.1) is 32.5 Å². The van der Waals surface area contributed by atoms with E-state index in [0.717, 1.165) is 23.0 Å². The molecule has 1 amide bonds. The third kappa shape index (κ3) is 4.27. The number of rotatable bonds is 6. The van der Waals surface area contributed by atoms with E-state index in [4.69, 9.17) is 4.98 Å². The first kappa shape index (κ1) is 27.0. The maximum Gasteiger partial charge on any atom is 0.263 e. The highest BCUT2D eigenvalue weighted by Gasteiger charge is 2.45. The number of benzene rings is 3. The number of sulfonamides is 1. The van der Waals surface area contributed by atoms with Gasteiger partial charge >= 0.3 is 0 Å². The summed E-state index contributed by atoms with van der Waals surface area (Å²) >= 11 is 0. The molecule has 0 saturated heterocycles. The molecule has 6 rings (SSSR count). The second kappa shape index (κ2) is 8.88. The fourth-order valence-electron chi connectivity index (χ4n) is 5.34. The number of amides is 1. The number of H-pyrrole nitrogens is 2. The largest absolute Gasteiger partial charge is 0.337 e. The molecule has 2 aromatic heterocycles. The number of carbonyl (C=O) groups is 1. The third-order valence-corrected chi connectivity index (χ3v) is 10.1. The Morgan fingerprint density at radius 1 is 0.951 bits per heavy atom. The highest BCUT2D eigenvalue weighted by molar-refractivity contribution is 7.95. The van der Waals surface area contributed by atoms with E-state index in [2.05, 4.69) is 19.9 Å². The predicted molar refractivity (Wildman–Crippen MR) is 157 cm³/mol. The lowest BCUT2D eigenvalue weighted by atomic mass is 9.86. The number of aromatic nitrogens is 4. The third-order valence-electron chi connectivity index (χ3n) is 7.38. The summed E-state index contributed by atoms with van der Waals surface area (Å²) in [5.74, 6) is 0.514. The minimum atomic E-state index is -4.23. The maximum absolute atomic E-state index is 13.2. The van der Waals surface area contributed by atoms with Crippen molar-refractivity contribution in [3.8, 4) is 11.5 Å². The van der Waals surface area contributed by atoms with Crippen LogP contribution in [0.1, 0.15) is 33.3 Å². The molecular formula is C28H28N6O5S2. The standard InChI is InChI=1S/C28H28N6O5S2/c1-15(2)34-22-14-21-20(13-18(22)28(3,4)27(34)35)29-26(30-21)25-17-12-16(10-11-19(17)31-32-25)33-41(38,39)24-9-7-6-8-23(24)40(5,36)37/h6-15,33H,1-5H3,(H,29,30)(H,31,32). The number of aromatic amines is 2. The van der Waals surface area contributed by atoms with Gasteiger partial charge in [0.2, 0.25) is 5.91 Å². The molecule has 3 aromatic carbocycles. The summed E-state index contributed by atoms with van der Waals surface area (Å²) in [6.45, 7) is 7.78. The number of hydrogen-bond acceptors (Lipinski definition) is 7. The highest BCUT2D eigenvalue weighted by atomic mass is 32.2. The van der Waals surface area contributed by atoms with Crippen LogP contribution < -0.4 is 9.62 Å². The molecule has 0 fully saturated rings. The van der Waals surface area contributed by atoms with Crippen molar-refractivity contribution in [3.63, 3.8) is 0 Å². The van der Waals surface area contributed by atoms with Crippen molar-refractivity contribution in [2.24, 2.45) is 0 Å². The van der Waals surface area contributed by atoms with Gasteiger partial charge in [-0.3, -0.25) is 14.6 Å². The van der Waals surface area contributed by atoms with Crippen molar-refractivity contribution in [3.05, 3.63) is 60.2 Å². The number of anilines is 2. The number of hydrogen-bond donors (Lipinski definition) is 3. The van der Waals surface area contributed by atoms with Gasteiger partial charge in [0.1, 0.15) is 10.6 Å². The Balaban J connectivity index is 1.41. The first-order chi connectivity index (χ1) is 19.2. The Morgan fingerprint density at radius 2 is 1.66 bits per heavy atom. The minimum Gasteiger partial charge on any atom is -0.337 e. The van der Waals surface area contributed by atoms with Gasteiger partial charge < -0.3 is 9.88 Å². The van der Waals surface area contributed by atoms with Crippen LogP contribution in [0.15, 0.2) is 64.4 Å². The quantitative estimate of drug-likeness (QED) is 0.265. The number of imidazole rings is 1. The van der Waals surface area contributed by atoms with Gasteiger partial charge in [0, 0.05) is 23.4 Å². The Hall–Kier alpha value is -4.23. The van der Waals surface area contributed by atoms with E-state index in [-0.39, 0.29) is 27.4 Å². The fourth-order valence-corrected chi connectivity index (χ4v) is 8.02.